The third-order valence-electron chi connectivity index (χ3n) is 1.89. The van der Waals surface area contributed by atoms with Crippen LogP contribution in [-0.2, 0) is 9.59 Å². The molecule has 1 atom stereocenters. The van der Waals surface area contributed by atoms with E-state index in [0.29, 0.717) is 26.1 Å². The molecule has 7 heteroatoms. The smallest absolute Gasteiger partial charge is 0.321 e. The molecule has 5 N–H and O–H groups in total. The highest BCUT2D eigenvalue weighted by Gasteiger charge is 2.19. The van der Waals surface area contributed by atoms with E-state index in [4.69, 9.17) is 15.3 Å². The maximum Gasteiger partial charge on any atom is 0.321 e. The van der Waals surface area contributed by atoms with Crippen molar-refractivity contribution in [3.8, 4) is 0 Å². The Kier molecular flexibility index (Phi) is 8.41. The molecule has 1 unspecified atom stereocenters. The lowest BCUT2D eigenvalue weighted by Crippen LogP contribution is -2.39. The van der Waals surface area contributed by atoms with Crippen LogP contribution >= 0.6 is 0 Å². The number of nitrogens with one attached hydrogen (secondary N) is 2. The van der Waals surface area contributed by atoms with E-state index in [0.717, 1.165) is 0 Å². The molecule has 0 saturated heterocycles. The van der Waals surface area contributed by atoms with Gasteiger partial charge in [0.05, 0.1) is 13.0 Å². The molecule has 0 aromatic rings. The highest BCUT2D eigenvalue weighted by Crippen LogP contribution is 1.92. The largest absolute Gasteiger partial charge is 0.481 e. The minimum absolute atomic E-state index is 0.0597. The molecule has 0 aliphatic rings. The van der Waals surface area contributed by atoms with E-state index < -0.39 is 24.4 Å². The second-order valence-corrected chi connectivity index (χ2v) is 3.27. The summed E-state index contributed by atoms with van der Waals surface area (Å²) < 4.78 is 0. The first-order valence-corrected chi connectivity index (χ1v) is 5.07. The Hall–Kier alpha value is -1.18. The van der Waals surface area contributed by atoms with E-state index in [1.165, 1.54) is 0 Å². The summed E-state index contributed by atoms with van der Waals surface area (Å²) in [5.74, 6) is -2.30. The van der Waals surface area contributed by atoms with Crippen molar-refractivity contribution in [2.45, 2.75) is 18.9 Å². The number of rotatable bonds is 10. The summed E-state index contributed by atoms with van der Waals surface area (Å²) in [6.45, 7) is 1.62. The summed E-state index contributed by atoms with van der Waals surface area (Å²) in [6.07, 6.45) is 0.239. The number of aliphatic carboxylic acids is 2. The monoisotopic (exact) mass is 234 g/mol. The van der Waals surface area contributed by atoms with Gasteiger partial charge in [0, 0.05) is 6.54 Å². The van der Waals surface area contributed by atoms with E-state index in [9.17, 15) is 9.59 Å². The number of carboxylic acids is 2. The maximum absolute atomic E-state index is 10.6. The average Bonchev–Trinajstić information content (AvgIpc) is 2.20. The lowest BCUT2D eigenvalue weighted by atomic mass is 10.2. The molecule has 0 aromatic carbocycles. The Morgan fingerprint density at radius 3 is 2.31 bits per heavy atom. The standard InChI is InChI=1S/C9H18N2O5/c12-5-4-10-2-1-3-11-7(9(15)16)6-8(13)14/h7,10-12H,1-6H2,(H,13,14)(H,15,16). The number of aliphatic hydroxyl groups excluding tert-OH is 1. The number of hydrogen-bond donors (Lipinski definition) is 5. The van der Waals surface area contributed by atoms with Gasteiger partial charge < -0.3 is 26.0 Å². The second-order valence-electron chi connectivity index (χ2n) is 3.27. The van der Waals surface area contributed by atoms with Gasteiger partial charge in [0.25, 0.3) is 0 Å². The van der Waals surface area contributed by atoms with E-state index in [2.05, 4.69) is 10.6 Å². The molecule has 0 rings (SSSR count). The lowest BCUT2D eigenvalue weighted by Gasteiger charge is -2.12. The van der Waals surface area contributed by atoms with Gasteiger partial charge in [0.2, 0.25) is 0 Å². The van der Waals surface area contributed by atoms with Crippen LogP contribution in [-0.4, -0.2) is 59.5 Å². The zero-order valence-electron chi connectivity index (χ0n) is 8.98. The van der Waals surface area contributed by atoms with E-state index in [1.807, 2.05) is 0 Å². The minimum Gasteiger partial charge on any atom is -0.481 e. The number of carboxylic acid groups (broad SMARTS) is 2. The predicted octanol–water partition coefficient (Wildman–Crippen LogP) is -1.52. The lowest BCUT2D eigenvalue weighted by molar-refractivity contribution is -0.145. The van der Waals surface area contributed by atoms with E-state index in [-0.39, 0.29) is 6.61 Å². The van der Waals surface area contributed by atoms with Crippen LogP contribution in [0.1, 0.15) is 12.8 Å². The van der Waals surface area contributed by atoms with Crippen molar-refractivity contribution in [2.24, 2.45) is 0 Å². The van der Waals surface area contributed by atoms with Crippen molar-refractivity contribution in [2.75, 3.05) is 26.2 Å². The summed E-state index contributed by atoms with van der Waals surface area (Å²) in [7, 11) is 0. The predicted molar refractivity (Wildman–Crippen MR) is 56.3 cm³/mol. The van der Waals surface area contributed by atoms with E-state index in [1.54, 1.807) is 0 Å². The molecule has 0 radical (unpaired) electrons. The van der Waals surface area contributed by atoms with Gasteiger partial charge in [0.15, 0.2) is 0 Å². The number of aliphatic hydroxyl groups is 1. The first-order valence-electron chi connectivity index (χ1n) is 5.07. The molecule has 0 aliphatic heterocycles. The molecule has 0 aliphatic carbocycles. The topological polar surface area (TPSA) is 119 Å². The molecule has 7 nitrogen and oxygen atoms in total. The number of hydrogen-bond acceptors (Lipinski definition) is 5. The van der Waals surface area contributed by atoms with Crippen LogP contribution in [0.2, 0.25) is 0 Å². The van der Waals surface area contributed by atoms with Crippen molar-refractivity contribution >= 4 is 11.9 Å². The summed E-state index contributed by atoms with van der Waals surface area (Å²) in [5.41, 5.74) is 0. The summed E-state index contributed by atoms with van der Waals surface area (Å²) in [5, 5.41) is 31.2. The molecule has 0 bridgehead atoms. The molecule has 0 heterocycles. The normalized spacial score (nSPS) is 12.3. The minimum atomic E-state index is -1.16. The third kappa shape index (κ3) is 8.16. The van der Waals surface area contributed by atoms with Crippen molar-refractivity contribution in [1.29, 1.82) is 0 Å². The summed E-state index contributed by atoms with van der Waals surface area (Å²) >= 11 is 0. The average molecular weight is 234 g/mol. The van der Waals surface area contributed by atoms with Gasteiger partial charge in [-0.25, -0.2) is 0 Å². The van der Waals surface area contributed by atoms with Crippen molar-refractivity contribution in [1.82, 2.24) is 10.6 Å². The highest BCUT2D eigenvalue weighted by atomic mass is 16.4. The van der Waals surface area contributed by atoms with Crippen LogP contribution in [0.5, 0.6) is 0 Å². The van der Waals surface area contributed by atoms with Crippen LogP contribution in [0.25, 0.3) is 0 Å². The molecule has 94 valence electrons. The van der Waals surface area contributed by atoms with Gasteiger partial charge in [-0.05, 0) is 19.5 Å². The van der Waals surface area contributed by atoms with Crippen LogP contribution in [0, 0.1) is 0 Å². The fraction of sp³-hybridized carbons (Fsp3) is 0.778. The van der Waals surface area contributed by atoms with Gasteiger partial charge in [-0.2, -0.15) is 0 Å². The quantitative estimate of drug-likeness (QED) is 0.291. The first kappa shape index (κ1) is 14.8. The maximum atomic E-state index is 10.6. The Labute approximate surface area is 93.5 Å². The second kappa shape index (κ2) is 9.08. The molecular formula is C9H18N2O5. The van der Waals surface area contributed by atoms with Crippen molar-refractivity contribution in [3.05, 3.63) is 0 Å². The summed E-state index contributed by atoms with van der Waals surface area (Å²) in [4.78, 5) is 21.0. The first-order chi connectivity index (χ1) is 7.57. The Bertz CT molecular complexity index is 222. The molecular weight excluding hydrogens is 216 g/mol. The zero-order valence-corrected chi connectivity index (χ0v) is 8.98. The SMILES string of the molecule is O=C(O)CC(NCCCNCCO)C(=O)O. The zero-order chi connectivity index (χ0) is 12.4. The van der Waals surface area contributed by atoms with Gasteiger partial charge in [0.1, 0.15) is 6.04 Å². The molecule has 0 spiro atoms. The van der Waals surface area contributed by atoms with Crippen LogP contribution in [0.3, 0.4) is 0 Å². The Morgan fingerprint density at radius 2 is 1.81 bits per heavy atom. The van der Waals surface area contributed by atoms with Gasteiger partial charge >= 0.3 is 11.9 Å². The molecule has 0 saturated carbocycles. The van der Waals surface area contributed by atoms with Crippen molar-refractivity contribution in [3.63, 3.8) is 0 Å². The Balaban J connectivity index is 3.60. The third-order valence-corrected chi connectivity index (χ3v) is 1.89. The summed E-state index contributed by atoms with van der Waals surface area (Å²) in [6, 6.07) is -1.05. The number of carbonyl (C=O) groups is 2. The van der Waals surface area contributed by atoms with Crippen LogP contribution < -0.4 is 10.6 Å². The fourth-order valence-corrected chi connectivity index (χ4v) is 1.12. The molecule has 16 heavy (non-hydrogen) atoms. The van der Waals surface area contributed by atoms with Gasteiger partial charge in [-0.15, -0.1) is 0 Å². The van der Waals surface area contributed by atoms with Crippen LogP contribution in [0.15, 0.2) is 0 Å². The van der Waals surface area contributed by atoms with Gasteiger partial charge in [-0.3, -0.25) is 9.59 Å². The van der Waals surface area contributed by atoms with E-state index >= 15 is 0 Å². The molecule has 0 aromatic heterocycles. The van der Waals surface area contributed by atoms with Crippen LogP contribution in [0.4, 0.5) is 0 Å². The molecule has 0 fully saturated rings. The van der Waals surface area contributed by atoms with Gasteiger partial charge in [-0.1, -0.05) is 0 Å². The fourth-order valence-electron chi connectivity index (χ4n) is 1.12. The molecule has 0 amide bonds. The Morgan fingerprint density at radius 1 is 1.12 bits per heavy atom. The highest BCUT2D eigenvalue weighted by molar-refractivity contribution is 5.80. The van der Waals surface area contributed by atoms with Crippen molar-refractivity contribution < 1.29 is 24.9 Å².